The number of hydrogen-bond donors (Lipinski definition) is 2. The second-order valence-electron chi connectivity index (χ2n) is 6.68. The van der Waals surface area contributed by atoms with Gasteiger partial charge in [-0.15, -0.1) is 0 Å². The number of ether oxygens (including phenoxy) is 1. The van der Waals surface area contributed by atoms with Crippen LogP contribution < -0.4 is 15.4 Å². The highest BCUT2D eigenvalue weighted by Gasteiger charge is 2.14. The Kier molecular flexibility index (Phi) is 5.75. The summed E-state index contributed by atoms with van der Waals surface area (Å²) in [6.07, 6.45) is 0. The maximum absolute atomic E-state index is 12.5. The smallest absolute Gasteiger partial charge is 0.320 e. The molecule has 0 spiro atoms. The van der Waals surface area contributed by atoms with E-state index < -0.39 is 0 Å². The van der Waals surface area contributed by atoms with Crippen molar-refractivity contribution in [3.05, 3.63) is 96.6 Å². The fourth-order valence-electron chi connectivity index (χ4n) is 3.08. The fourth-order valence-corrected chi connectivity index (χ4v) is 3.08. The number of carbonyl (C=O) groups is 1. The zero-order chi connectivity index (χ0) is 20.8. The van der Waals surface area contributed by atoms with Crippen molar-refractivity contribution < 1.29 is 9.53 Å². The summed E-state index contributed by atoms with van der Waals surface area (Å²) in [6.45, 7) is 0.439. The standard InChI is InChI=1S/C24H22N4O2/c1-30-21-14-12-20(13-15-21)28-23(16-22(27-28)19-10-6-3-7-11-19)26-24(29)25-17-18-8-4-2-5-9-18/h2-16H,17H2,1H3,(H2,25,26,29). The van der Waals surface area contributed by atoms with E-state index in [1.165, 1.54) is 0 Å². The number of methoxy groups -OCH3 is 1. The number of urea groups is 1. The quantitative estimate of drug-likeness (QED) is 0.487. The van der Waals surface area contributed by atoms with Gasteiger partial charge in [-0.2, -0.15) is 5.10 Å². The van der Waals surface area contributed by atoms with Crippen molar-refractivity contribution in [3.63, 3.8) is 0 Å². The lowest BCUT2D eigenvalue weighted by Gasteiger charge is -2.10. The van der Waals surface area contributed by atoms with E-state index in [1.54, 1.807) is 11.8 Å². The molecule has 0 aliphatic carbocycles. The van der Waals surface area contributed by atoms with Gasteiger partial charge < -0.3 is 10.1 Å². The van der Waals surface area contributed by atoms with Crippen LogP contribution in [0.25, 0.3) is 16.9 Å². The van der Waals surface area contributed by atoms with Crippen LogP contribution in [0, 0.1) is 0 Å². The molecule has 0 aliphatic heterocycles. The Labute approximate surface area is 175 Å². The second kappa shape index (κ2) is 8.96. The van der Waals surface area contributed by atoms with Gasteiger partial charge >= 0.3 is 6.03 Å². The van der Waals surface area contributed by atoms with Crippen molar-refractivity contribution in [2.24, 2.45) is 0 Å². The third kappa shape index (κ3) is 4.50. The van der Waals surface area contributed by atoms with Crippen LogP contribution in [0.15, 0.2) is 91.0 Å². The van der Waals surface area contributed by atoms with Gasteiger partial charge in [-0.3, -0.25) is 5.32 Å². The van der Waals surface area contributed by atoms with Crippen molar-refractivity contribution in [3.8, 4) is 22.7 Å². The van der Waals surface area contributed by atoms with Crippen molar-refractivity contribution >= 4 is 11.8 Å². The van der Waals surface area contributed by atoms with Crippen LogP contribution in [0.1, 0.15) is 5.56 Å². The molecule has 0 atom stereocenters. The third-order valence-electron chi connectivity index (χ3n) is 4.63. The van der Waals surface area contributed by atoms with Gasteiger partial charge in [0, 0.05) is 18.2 Å². The molecule has 30 heavy (non-hydrogen) atoms. The fraction of sp³-hybridized carbons (Fsp3) is 0.0833. The van der Waals surface area contributed by atoms with Gasteiger partial charge in [0.1, 0.15) is 11.6 Å². The zero-order valence-electron chi connectivity index (χ0n) is 16.6. The molecule has 2 amide bonds. The monoisotopic (exact) mass is 398 g/mol. The molecule has 6 heteroatoms. The predicted octanol–water partition coefficient (Wildman–Crippen LogP) is 4.87. The number of aromatic nitrogens is 2. The summed E-state index contributed by atoms with van der Waals surface area (Å²) in [5, 5.41) is 10.5. The molecule has 0 saturated carbocycles. The van der Waals surface area contributed by atoms with Crippen molar-refractivity contribution in [2.75, 3.05) is 12.4 Å². The molecule has 0 saturated heterocycles. The maximum Gasteiger partial charge on any atom is 0.320 e. The predicted molar refractivity (Wildman–Crippen MR) is 118 cm³/mol. The zero-order valence-corrected chi connectivity index (χ0v) is 16.6. The van der Waals surface area contributed by atoms with Gasteiger partial charge in [-0.25, -0.2) is 9.48 Å². The van der Waals surface area contributed by atoms with Crippen LogP contribution in [0.5, 0.6) is 5.75 Å². The second-order valence-corrected chi connectivity index (χ2v) is 6.68. The lowest BCUT2D eigenvalue weighted by Crippen LogP contribution is -2.29. The van der Waals surface area contributed by atoms with Gasteiger partial charge in [0.05, 0.1) is 18.5 Å². The highest BCUT2D eigenvalue weighted by Crippen LogP contribution is 2.25. The van der Waals surface area contributed by atoms with Crippen LogP contribution in [-0.2, 0) is 6.54 Å². The molecule has 4 aromatic rings. The minimum Gasteiger partial charge on any atom is -0.497 e. The average Bonchev–Trinajstić information content (AvgIpc) is 3.22. The summed E-state index contributed by atoms with van der Waals surface area (Å²) in [4.78, 5) is 12.5. The molecule has 0 aliphatic rings. The summed E-state index contributed by atoms with van der Waals surface area (Å²) in [6, 6.07) is 28.7. The van der Waals surface area contributed by atoms with Crippen LogP contribution >= 0.6 is 0 Å². The van der Waals surface area contributed by atoms with Gasteiger partial charge in [-0.1, -0.05) is 60.7 Å². The number of nitrogens with one attached hydrogen (secondary N) is 2. The Morgan fingerprint density at radius 3 is 2.27 bits per heavy atom. The first-order chi connectivity index (χ1) is 14.7. The first-order valence-electron chi connectivity index (χ1n) is 9.61. The number of amides is 2. The molecule has 0 fully saturated rings. The molecule has 2 N–H and O–H groups in total. The number of hydrogen-bond acceptors (Lipinski definition) is 3. The van der Waals surface area contributed by atoms with E-state index in [2.05, 4.69) is 10.6 Å². The highest BCUT2D eigenvalue weighted by atomic mass is 16.5. The summed E-state index contributed by atoms with van der Waals surface area (Å²) in [7, 11) is 1.63. The summed E-state index contributed by atoms with van der Waals surface area (Å²) >= 11 is 0. The molecule has 0 unspecified atom stereocenters. The van der Waals surface area contributed by atoms with Gasteiger partial charge in [0.25, 0.3) is 0 Å². The highest BCUT2D eigenvalue weighted by molar-refractivity contribution is 5.89. The summed E-state index contributed by atoms with van der Waals surface area (Å²) in [5.41, 5.74) is 3.58. The lowest BCUT2D eigenvalue weighted by molar-refractivity contribution is 0.251. The molecule has 0 radical (unpaired) electrons. The Bertz CT molecular complexity index is 1110. The molecule has 0 bridgehead atoms. The minimum atomic E-state index is -0.298. The van der Waals surface area contributed by atoms with Crippen LogP contribution in [-0.4, -0.2) is 22.9 Å². The van der Waals surface area contributed by atoms with Gasteiger partial charge in [0.15, 0.2) is 0 Å². The van der Waals surface area contributed by atoms with E-state index in [9.17, 15) is 4.79 Å². The Morgan fingerprint density at radius 2 is 1.60 bits per heavy atom. The Hall–Kier alpha value is -4.06. The number of anilines is 1. The molecule has 3 aromatic carbocycles. The van der Waals surface area contributed by atoms with E-state index in [-0.39, 0.29) is 6.03 Å². The first-order valence-corrected chi connectivity index (χ1v) is 9.61. The minimum absolute atomic E-state index is 0.298. The van der Waals surface area contributed by atoms with E-state index in [0.29, 0.717) is 12.4 Å². The Morgan fingerprint density at radius 1 is 0.933 bits per heavy atom. The molecule has 4 rings (SSSR count). The lowest BCUT2D eigenvalue weighted by atomic mass is 10.2. The molecule has 1 aromatic heterocycles. The van der Waals surface area contributed by atoms with E-state index >= 15 is 0 Å². The average molecular weight is 398 g/mol. The van der Waals surface area contributed by atoms with E-state index in [1.807, 2.05) is 91.0 Å². The number of nitrogens with zero attached hydrogens (tertiary/aromatic N) is 2. The van der Waals surface area contributed by atoms with Crippen LogP contribution in [0.2, 0.25) is 0 Å². The van der Waals surface area contributed by atoms with Crippen molar-refractivity contribution in [1.82, 2.24) is 15.1 Å². The number of rotatable bonds is 6. The molecule has 150 valence electrons. The molecule has 1 heterocycles. The SMILES string of the molecule is COc1ccc(-n2nc(-c3ccccc3)cc2NC(=O)NCc2ccccc2)cc1. The summed E-state index contributed by atoms with van der Waals surface area (Å²) < 4.78 is 6.95. The Balaban J connectivity index is 1.59. The summed E-state index contributed by atoms with van der Waals surface area (Å²) in [5.74, 6) is 1.33. The molecular weight excluding hydrogens is 376 g/mol. The van der Waals surface area contributed by atoms with Crippen molar-refractivity contribution in [2.45, 2.75) is 6.54 Å². The normalized spacial score (nSPS) is 10.4. The largest absolute Gasteiger partial charge is 0.497 e. The van der Waals surface area contributed by atoms with E-state index in [0.717, 1.165) is 28.3 Å². The number of carbonyl (C=O) groups excluding carboxylic acids is 1. The third-order valence-corrected chi connectivity index (χ3v) is 4.63. The van der Waals surface area contributed by atoms with Crippen molar-refractivity contribution in [1.29, 1.82) is 0 Å². The van der Waals surface area contributed by atoms with Crippen LogP contribution in [0.3, 0.4) is 0 Å². The van der Waals surface area contributed by atoms with Gasteiger partial charge in [0.2, 0.25) is 0 Å². The number of benzene rings is 3. The van der Waals surface area contributed by atoms with Crippen LogP contribution in [0.4, 0.5) is 10.6 Å². The van der Waals surface area contributed by atoms with E-state index in [4.69, 9.17) is 9.84 Å². The topological polar surface area (TPSA) is 68.2 Å². The maximum atomic E-state index is 12.5. The first kappa shape index (κ1) is 19.3. The molecule has 6 nitrogen and oxygen atoms in total. The van der Waals surface area contributed by atoms with Gasteiger partial charge in [-0.05, 0) is 29.8 Å². The molecular formula is C24H22N4O2.